The van der Waals surface area contributed by atoms with Crippen LogP contribution < -0.4 is 19.6 Å². The molecule has 1 aliphatic rings. The van der Waals surface area contributed by atoms with Crippen molar-refractivity contribution in [3.05, 3.63) is 91.5 Å². The maximum absolute atomic E-state index is 13.8. The van der Waals surface area contributed by atoms with Gasteiger partial charge < -0.3 is 14.6 Å². The number of methoxy groups -OCH3 is 1. The predicted molar refractivity (Wildman–Crippen MR) is 148 cm³/mol. The molecule has 0 saturated carbocycles. The van der Waals surface area contributed by atoms with Crippen LogP contribution in [0.4, 0.5) is 5.69 Å². The van der Waals surface area contributed by atoms with Gasteiger partial charge in [0.2, 0.25) is 5.75 Å². The number of carbonyl (C=O) groups is 1. The van der Waals surface area contributed by atoms with Crippen molar-refractivity contribution in [3.8, 4) is 11.5 Å². The molecule has 2 aromatic carbocycles. The minimum absolute atomic E-state index is 0.0723. The van der Waals surface area contributed by atoms with E-state index in [-0.39, 0.29) is 15.7 Å². The van der Waals surface area contributed by atoms with Gasteiger partial charge in [-0.1, -0.05) is 43.2 Å². The molecule has 0 fully saturated rings. The third kappa shape index (κ3) is 5.18. The van der Waals surface area contributed by atoms with Crippen LogP contribution in [0.15, 0.2) is 60.3 Å². The molecule has 1 aromatic heterocycles. The van der Waals surface area contributed by atoms with Crippen molar-refractivity contribution in [1.82, 2.24) is 4.57 Å². The highest BCUT2D eigenvalue weighted by molar-refractivity contribution is 9.10. The molecule has 0 spiro atoms. The largest absolute Gasteiger partial charge is 0.502 e. The number of phenolic OH excluding ortho intramolecular Hbond substituents is 1. The smallest absolute Gasteiger partial charge is 0.338 e. The Morgan fingerprint density at radius 3 is 2.61 bits per heavy atom. The summed E-state index contributed by atoms with van der Waals surface area (Å²) in [5.41, 5.74) is 0.129. The van der Waals surface area contributed by atoms with E-state index >= 15 is 0 Å². The van der Waals surface area contributed by atoms with Crippen LogP contribution in [-0.2, 0) is 9.53 Å². The maximum Gasteiger partial charge on any atom is 0.338 e. The Hall–Kier alpha value is -3.29. The van der Waals surface area contributed by atoms with Gasteiger partial charge in [-0.25, -0.2) is 9.79 Å². The van der Waals surface area contributed by atoms with Crippen molar-refractivity contribution in [1.29, 1.82) is 0 Å². The molecule has 1 aliphatic heterocycles. The molecule has 0 radical (unpaired) electrons. The predicted octanol–water partition coefficient (Wildman–Crippen LogP) is 4.33. The standard InChI is InChI=1S/C25H21Br2N3O7S/c1-11(2)37-24(33)20-12(3)28-25-29(21(20)16-9-14(26)5-6-18(16)36-4)23(32)19(38-25)8-13-7-15(27)10-17(22(13)31)30(34)35/h5-11,21,31H,1-4H3/b19-8-/t21-/m0/s1. The molecule has 0 aliphatic carbocycles. The van der Waals surface area contributed by atoms with Gasteiger partial charge in [0.25, 0.3) is 5.56 Å². The Kier molecular flexibility index (Phi) is 7.90. The summed E-state index contributed by atoms with van der Waals surface area (Å²) in [6, 6.07) is 6.95. The molecule has 4 rings (SSSR count). The van der Waals surface area contributed by atoms with E-state index in [9.17, 15) is 24.8 Å². The average Bonchev–Trinajstić information content (AvgIpc) is 3.13. The van der Waals surface area contributed by atoms with E-state index in [0.29, 0.717) is 30.8 Å². The summed E-state index contributed by atoms with van der Waals surface area (Å²) in [5, 5.41) is 21.9. The number of aromatic hydroxyl groups is 1. The van der Waals surface area contributed by atoms with Crippen molar-refractivity contribution in [2.75, 3.05) is 7.11 Å². The number of halogens is 2. The van der Waals surface area contributed by atoms with Crippen LogP contribution in [-0.4, -0.2) is 33.8 Å². The molecule has 3 aromatic rings. The fourth-order valence-corrected chi connectivity index (χ4v) is 5.95. The second-order valence-electron chi connectivity index (χ2n) is 8.54. The van der Waals surface area contributed by atoms with Crippen molar-refractivity contribution < 1.29 is 24.3 Å². The third-order valence-electron chi connectivity index (χ3n) is 5.64. The molecule has 198 valence electrons. The van der Waals surface area contributed by atoms with E-state index in [4.69, 9.17) is 9.47 Å². The molecule has 0 unspecified atom stereocenters. The number of aromatic nitrogens is 1. The lowest BCUT2D eigenvalue weighted by molar-refractivity contribution is -0.385. The number of thiazole rings is 1. The molecule has 10 nitrogen and oxygen atoms in total. The number of phenols is 1. The van der Waals surface area contributed by atoms with E-state index in [1.807, 2.05) is 0 Å². The van der Waals surface area contributed by atoms with Crippen LogP contribution in [0.25, 0.3) is 6.08 Å². The molecule has 38 heavy (non-hydrogen) atoms. The summed E-state index contributed by atoms with van der Waals surface area (Å²) in [6.45, 7) is 5.11. The summed E-state index contributed by atoms with van der Waals surface area (Å²) < 4.78 is 13.7. The molecular formula is C25H21Br2N3O7S. The summed E-state index contributed by atoms with van der Waals surface area (Å²) in [4.78, 5) is 42.6. The average molecular weight is 667 g/mol. The Morgan fingerprint density at radius 2 is 1.97 bits per heavy atom. The third-order valence-corrected chi connectivity index (χ3v) is 7.57. The number of carbonyl (C=O) groups excluding carboxylic acids is 1. The first kappa shape index (κ1) is 27.7. The van der Waals surface area contributed by atoms with Gasteiger partial charge in [0, 0.05) is 26.1 Å². The van der Waals surface area contributed by atoms with Gasteiger partial charge in [0.15, 0.2) is 4.80 Å². The normalized spacial score (nSPS) is 15.3. The van der Waals surface area contributed by atoms with E-state index in [2.05, 4.69) is 36.9 Å². The first-order valence-electron chi connectivity index (χ1n) is 11.2. The number of rotatable bonds is 6. The Bertz CT molecular complexity index is 1690. The number of hydrogen-bond donors (Lipinski definition) is 1. The van der Waals surface area contributed by atoms with Gasteiger partial charge in [0.05, 0.1) is 33.9 Å². The molecule has 0 amide bonds. The summed E-state index contributed by atoms with van der Waals surface area (Å²) in [7, 11) is 1.49. The van der Waals surface area contributed by atoms with Gasteiger partial charge in [-0.15, -0.1) is 0 Å². The fraction of sp³-hybridized carbons (Fsp3) is 0.240. The number of nitro benzene ring substituents is 1. The summed E-state index contributed by atoms with van der Waals surface area (Å²) in [6.07, 6.45) is 0.949. The minimum Gasteiger partial charge on any atom is -0.502 e. The van der Waals surface area contributed by atoms with Crippen LogP contribution >= 0.6 is 43.2 Å². The first-order valence-corrected chi connectivity index (χ1v) is 13.6. The van der Waals surface area contributed by atoms with Gasteiger partial charge in [-0.3, -0.25) is 19.5 Å². The molecule has 2 heterocycles. The summed E-state index contributed by atoms with van der Waals surface area (Å²) in [5.74, 6) is -0.757. The zero-order valence-corrected chi connectivity index (χ0v) is 24.5. The first-order chi connectivity index (χ1) is 17.9. The number of ether oxygens (including phenoxy) is 2. The zero-order valence-electron chi connectivity index (χ0n) is 20.5. The number of fused-ring (bicyclic) bond motifs is 1. The summed E-state index contributed by atoms with van der Waals surface area (Å²) >= 11 is 7.69. The van der Waals surface area contributed by atoms with E-state index in [1.54, 1.807) is 39.0 Å². The number of esters is 1. The molecule has 0 saturated heterocycles. The van der Waals surface area contributed by atoms with Crippen molar-refractivity contribution in [3.63, 3.8) is 0 Å². The highest BCUT2D eigenvalue weighted by Gasteiger charge is 2.35. The lowest BCUT2D eigenvalue weighted by atomic mass is 9.95. The van der Waals surface area contributed by atoms with Crippen LogP contribution in [0.3, 0.4) is 0 Å². The molecule has 0 bridgehead atoms. The number of nitro groups is 1. The zero-order chi connectivity index (χ0) is 27.9. The van der Waals surface area contributed by atoms with Crippen LogP contribution in [0, 0.1) is 10.1 Å². The maximum atomic E-state index is 13.8. The van der Waals surface area contributed by atoms with Crippen molar-refractivity contribution >= 4 is 60.9 Å². The number of nitrogens with zero attached hydrogens (tertiary/aromatic N) is 3. The fourth-order valence-electron chi connectivity index (χ4n) is 4.07. The van der Waals surface area contributed by atoms with Gasteiger partial charge >= 0.3 is 11.7 Å². The second kappa shape index (κ2) is 10.8. The van der Waals surface area contributed by atoms with E-state index in [0.717, 1.165) is 11.3 Å². The lowest BCUT2D eigenvalue weighted by Gasteiger charge is -2.26. The highest BCUT2D eigenvalue weighted by Crippen LogP contribution is 2.38. The monoisotopic (exact) mass is 665 g/mol. The van der Waals surface area contributed by atoms with Crippen LogP contribution in [0.1, 0.15) is 37.9 Å². The number of hydrogen-bond acceptors (Lipinski definition) is 9. The van der Waals surface area contributed by atoms with E-state index in [1.165, 1.54) is 29.9 Å². The van der Waals surface area contributed by atoms with Gasteiger partial charge in [0.1, 0.15) is 11.8 Å². The van der Waals surface area contributed by atoms with E-state index < -0.39 is 40.0 Å². The SMILES string of the molecule is COc1ccc(Br)cc1[C@H]1C(C(=O)OC(C)C)=C(C)N=c2s/c(=C\c3cc(Br)cc([N+](=O)[O-])c3O)c(=O)n21. The Balaban J connectivity index is 2.03. The lowest BCUT2D eigenvalue weighted by Crippen LogP contribution is -2.40. The Morgan fingerprint density at radius 1 is 1.26 bits per heavy atom. The van der Waals surface area contributed by atoms with Crippen molar-refractivity contribution in [2.45, 2.75) is 32.9 Å². The topological polar surface area (TPSA) is 133 Å². The highest BCUT2D eigenvalue weighted by atomic mass is 79.9. The number of allylic oxidation sites excluding steroid dienone is 1. The van der Waals surface area contributed by atoms with Crippen molar-refractivity contribution in [2.24, 2.45) is 4.99 Å². The van der Waals surface area contributed by atoms with Crippen LogP contribution in [0.5, 0.6) is 11.5 Å². The Labute approximate surface area is 237 Å². The van der Waals surface area contributed by atoms with Crippen LogP contribution in [0.2, 0.25) is 0 Å². The van der Waals surface area contributed by atoms with Gasteiger partial charge in [-0.2, -0.15) is 0 Å². The molecular weight excluding hydrogens is 646 g/mol. The number of benzene rings is 2. The minimum atomic E-state index is -0.933. The van der Waals surface area contributed by atoms with Gasteiger partial charge in [-0.05, 0) is 51.1 Å². The second-order valence-corrected chi connectivity index (χ2v) is 11.4. The quantitative estimate of drug-likeness (QED) is 0.235. The molecule has 1 N–H and O–H groups in total. The molecule has 13 heteroatoms. The molecule has 1 atom stereocenters.